The average Bonchev–Trinajstić information content (AvgIpc) is 2.61. The van der Waals surface area contributed by atoms with Gasteiger partial charge in [0.15, 0.2) is 0 Å². The number of sulfonamides is 1. The Bertz CT molecular complexity index is 987. The lowest BCUT2D eigenvalue weighted by atomic mass is 10.1. The summed E-state index contributed by atoms with van der Waals surface area (Å²) in [5.74, 6) is -0.0228. The van der Waals surface area contributed by atoms with Gasteiger partial charge in [0.2, 0.25) is 15.9 Å². The predicted molar refractivity (Wildman–Crippen MR) is 108 cm³/mol. The summed E-state index contributed by atoms with van der Waals surface area (Å²) >= 11 is 0. The Morgan fingerprint density at radius 2 is 1.73 bits per heavy atom. The molecule has 10 heteroatoms. The quantitative estimate of drug-likeness (QED) is 0.634. The third-order valence-electron chi connectivity index (χ3n) is 4.04. The molecule has 6 nitrogen and oxygen atoms in total. The number of alkyl halides is 3. The van der Waals surface area contributed by atoms with Crippen LogP contribution in [0.2, 0.25) is 0 Å². The fourth-order valence-corrected chi connectivity index (χ4v) is 3.65. The first-order valence-corrected chi connectivity index (χ1v) is 10.8. The Kier molecular flexibility index (Phi) is 7.35. The fraction of sp³-hybridized carbons (Fsp3) is 0.350. The Balaban J connectivity index is 1.99. The number of amides is 1. The minimum absolute atomic E-state index is 0.103. The highest BCUT2D eigenvalue weighted by Gasteiger charge is 2.31. The predicted octanol–water partition coefficient (Wildman–Crippen LogP) is 3.28. The number of rotatable bonds is 8. The first-order valence-electron chi connectivity index (χ1n) is 8.99. The molecule has 0 spiro atoms. The van der Waals surface area contributed by atoms with Gasteiger partial charge in [-0.15, -0.1) is 0 Å². The summed E-state index contributed by atoms with van der Waals surface area (Å²) in [4.78, 5) is 12.2. The summed E-state index contributed by atoms with van der Waals surface area (Å²) in [6.07, 6.45) is -3.81. The number of nitrogens with zero attached hydrogens (tertiary/aromatic N) is 1. The van der Waals surface area contributed by atoms with Crippen molar-refractivity contribution in [2.24, 2.45) is 0 Å². The van der Waals surface area contributed by atoms with Gasteiger partial charge < -0.3 is 10.1 Å². The molecule has 2 rings (SSSR count). The summed E-state index contributed by atoms with van der Waals surface area (Å²) < 4.78 is 69.1. The molecule has 0 heterocycles. The van der Waals surface area contributed by atoms with E-state index in [1.807, 2.05) is 32.0 Å². The van der Waals surface area contributed by atoms with E-state index in [9.17, 15) is 26.4 Å². The van der Waals surface area contributed by atoms with Crippen molar-refractivity contribution in [3.63, 3.8) is 0 Å². The second kappa shape index (κ2) is 9.38. The van der Waals surface area contributed by atoms with Crippen molar-refractivity contribution in [2.45, 2.75) is 20.0 Å². The second-order valence-corrected chi connectivity index (χ2v) is 8.75. The van der Waals surface area contributed by atoms with Crippen LogP contribution in [0.3, 0.4) is 0 Å². The van der Waals surface area contributed by atoms with Gasteiger partial charge >= 0.3 is 6.18 Å². The third kappa shape index (κ3) is 6.94. The van der Waals surface area contributed by atoms with Gasteiger partial charge in [-0.05, 0) is 55.3 Å². The number of carbonyl (C=O) groups excluding carboxylic acids is 1. The first kappa shape index (κ1) is 23.5. The molecule has 2 aromatic rings. The van der Waals surface area contributed by atoms with Crippen molar-refractivity contribution in [3.05, 3.63) is 59.2 Å². The van der Waals surface area contributed by atoms with Gasteiger partial charge in [-0.1, -0.05) is 12.1 Å². The number of halogens is 3. The SMILES string of the molecule is Cc1cc(C)cc(OCCNC(=O)CN(c2cccc(C(F)(F)F)c2)S(C)(=O)=O)c1. The van der Waals surface area contributed by atoms with E-state index in [4.69, 9.17) is 4.74 Å². The molecule has 0 fully saturated rings. The van der Waals surface area contributed by atoms with Crippen molar-refractivity contribution in [3.8, 4) is 5.75 Å². The van der Waals surface area contributed by atoms with Crippen LogP contribution in [0.5, 0.6) is 5.75 Å². The van der Waals surface area contributed by atoms with Crippen LogP contribution in [0.4, 0.5) is 18.9 Å². The van der Waals surface area contributed by atoms with E-state index in [0.717, 1.165) is 29.5 Å². The number of ether oxygens (including phenoxy) is 1. The van der Waals surface area contributed by atoms with Gasteiger partial charge in [0.25, 0.3) is 0 Å². The molecule has 0 aromatic heterocycles. The van der Waals surface area contributed by atoms with Crippen LogP contribution < -0.4 is 14.4 Å². The van der Waals surface area contributed by atoms with Gasteiger partial charge in [0, 0.05) is 0 Å². The maximum Gasteiger partial charge on any atom is 0.416 e. The molecule has 2 aromatic carbocycles. The monoisotopic (exact) mass is 444 g/mol. The van der Waals surface area contributed by atoms with Crippen molar-refractivity contribution < 1.29 is 31.1 Å². The number of nitrogens with one attached hydrogen (secondary N) is 1. The molecular weight excluding hydrogens is 421 g/mol. The highest BCUT2D eigenvalue weighted by Crippen LogP contribution is 2.32. The van der Waals surface area contributed by atoms with E-state index in [0.29, 0.717) is 16.1 Å². The van der Waals surface area contributed by atoms with E-state index < -0.39 is 34.2 Å². The second-order valence-electron chi connectivity index (χ2n) is 6.84. The minimum atomic E-state index is -4.63. The van der Waals surface area contributed by atoms with Crippen LogP contribution in [-0.2, 0) is 21.0 Å². The number of anilines is 1. The van der Waals surface area contributed by atoms with Gasteiger partial charge in [-0.25, -0.2) is 8.42 Å². The highest BCUT2D eigenvalue weighted by molar-refractivity contribution is 7.92. The van der Waals surface area contributed by atoms with Crippen LogP contribution in [0.1, 0.15) is 16.7 Å². The summed E-state index contributed by atoms with van der Waals surface area (Å²) in [7, 11) is -3.98. The lowest BCUT2D eigenvalue weighted by Crippen LogP contribution is -2.41. The van der Waals surface area contributed by atoms with Crippen LogP contribution in [0.25, 0.3) is 0 Å². The Morgan fingerprint density at radius 1 is 1.10 bits per heavy atom. The maximum absolute atomic E-state index is 12.9. The first-order chi connectivity index (χ1) is 13.9. The molecule has 0 bridgehead atoms. The van der Waals surface area contributed by atoms with Gasteiger partial charge in [-0.2, -0.15) is 13.2 Å². The normalized spacial score (nSPS) is 11.8. The average molecular weight is 444 g/mol. The number of hydrogen-bond acceptors (Lipinski definition) is 4. The third-order valence-corrected chi connectivity index (χ3v) is 5.18. The molecule has 0 radical (unpaired) electrons. The molecule has 0 atom stereocenters. The fourth-order valence-electron chi connectivity index (χ4n) is 2.80. The van der Waals surface area contributed by atoms with E-state index in [-0.39, 0.29) is 18.8 Å². The Labute approximate surface area is 173 Å². The smallest absolute Gasteiger partial charge is 0.416 e. The number of hydrogen-bond donors (Lipinski definition) is 1. The van der Waals surface area contributed by atoms with Crippen LogP contribution in [0, 0.1) is 13.8 Å². The molecule has 0 aliphatic heterocycles. The van der Waals surface area contributed by atoms with E-state index in [1.165, 1.54) is 6.07 Å². The largest absolute Gasteiger partial charge is 0.492 e. The molecule has 0 unspecified atom stereocenters. The maximum atomic E-state index is 12.9. The minimum Gasteiger partial charge on any atom is -0.492 e. The number of aryl methyl sites for hydroxylation is 2. The summed E-state index contributed by atoms with van der Waals surface area (Å²) in [5.41, 5.74) is 0.808. The number of benzene rings is 2. The molecule has 0 saturated heterocycles. The molecule has 1 amide bonds. The van der Waals surface area contributed by atoms with Crippen LogP contribution in [0.15, 0.2) is 42.5 Å². The topological polar surface area (TPSA) is 75.7 Å². The van der Waals surface area contributed by atoms with Crippen molar-refractivity contribution in [1.82, 2.24) is 5.32 Å². The lowest BCUT2D eigenvalue weighted by Gasteiger charge is -2.22. The molecule has 1 N–H and O–H groups in total. The van der Waals surface area contributed by atoms with Crippen molar-refractivity contribution >= 4 is 21.6 Å². The standard InChI is InChI=1S/C20H23F3N2O4S/c1-14-9-15(2)11-18(10-14)29-8-7-24-19(26)13-25(30(3,27)28)17-6-4-5-16(12-17)20(21,22)23/h4-6,9-12H,7-8,13H2,1-3H3,(H,24,26). The number of carbonyl (C=O) groups is 1. The Morgan fingerprint density at radius 3 is 2.30 bits per heavy atom. The summed E-state index contributed by atoms with van der Waals surface area (Å²) in [5, 5.41) is 2.51. The van der Waals surface area contributed by atoms with Gasteiger partial charge in [-0.3, -0.25) is 9.10 Å². The highest BCUT2D eigenvalue weighted by atomic mass is 32.2. The molecule has 164 valence electrons. The lowest BCUT2D eigenvalue weighted by molar-refractivity contribution is -0.137. The van der Waals surface area contributed by atoms with Crippen LogP contribution in [-0.4, -0.2) is 40.3 Å². The van der Waals surface area contributed by atoms with Gasteiger partial charge in [0.05, 0.1) is 24.1 Å². The van der Waals surface area contributed by atoms with E-state index in [1.54, 1.807) is 0 Å². The van der Waals surface area contributed by atoms with Crippen LogP contribution >= 0.6 is 0 Å². The molecule has 0 aliphatic rings. The molecular formula is C20H23F3N2O4S. The summed E-state index contributed by atoms with van der Waals surface area (Å²) in [6, 6.07) is 9.48. The molecule has 0 saturated carbocycles. The van der Waals surface area contributed by atoms with E-state index in [2.05, 4.69) is 5.32 Å². The molecule has 0 aliphatic carbocycles. The molecule has 30 heavy (non-hydrogen) atoms. The summed E-state index contributed by atoms with van der Waals surface area (Å²) in [6.45, 7) is 3.46. The van der Waals surface area contributed by atoms with Crippen molar-refractivity contribution in [2.75, 3.05) is 30.3 Å². The van der Waals surface area contributed by atoms with Crippen molar-refractivity contribution in [1.29, 1.82) is 0 Å². The zero-order valence-electron chi connectivity index (χ0n) is 16.8. The van der Waals surface area contributed by atoms with E-state index >= 15 is 0 Å². The zero-order chi connectivity index (χ0) is 22.5. The Hall–Kier alpha value is -2.75. The zero-order valence-corrected chi connectivity index (χ0v) is 17.6. The van der Waals surface area contributed by atoms with Gasteiger partial charge in [0.1, 0.15) is 18.9 Å².